The molecule has 0 saturated heterocycles. The zero-order chi connectivity index (χ0) is 19.7. The average Bonchev–Trinajstić information content (AvgIpc) is 3.37. The van der Waals surface area contributed by atoms with Gasteiger partial charge in [0, 0.05) is 11.4 Å². The average molecular weight is 382 g/mol. The maximum Gasteiger partial charge on any atom is 0.311 e. The Morgan fingerprint density at radius 3 is 1.41 bits per heavy atom. The van der Waals surface area contributed by atoms with E-state index >= 15 is 0 Å². The van der Waals surface area contributed by atoms with Crippen LogP contribution < -0.4 is 5.32 Å². The van der Waals surface area contributed by atoms with Gasteiger partial charge in [-0.2, -0.15) is 0 Å². The van der Waals surface area contributed by atoms with E-state index in [0.717, 1.165) is 37.1 Å². The van der Waals surface area contributed by atoms with Gasteiger partial charge in [-0.05, 0) is 12.8 Å². The first kappa shape index (κ1) is 23.5. The molecule has 1 aliphatic heterocycles. The minimum atomic E-state index is -0.221. The molecule has 0 saturated carbocycles. The van der Waals surface area contributed by atoms with Crippen molar-refractivity contribution in [2.45, 2.75) is 104 Å². The van der Waals surface area contributed by atoms with Crippen molar-refractivity contribution in [3.05, 3.63) is 11.4 Å². The van der Waals surface area contributed by atoms with E-state index in [0.29, 0.717) is 13.2 Å². The number of carbonyl (C=O) groups is 2. The topological polar surface area (TPSA) is 74.5 Å². The maximum atomic E-state index is 11.8. The van der Waals surface area contributed by atoms with Gasteiger partial charge >= 0.3 is 11.9 Å². The van der Waals surface area contributed by atoms with Gasteiger partial charge in [0.05, 0.1) is 26.1 Å². The maximum absolute atomic E-state index is 11.8. The molecule has 5 heteroatoms. The predicted octanol–water partition coefficient (Wildman–Crippen LogP) is 5.39. The Bertz CT molecular complexity index is 419. The first-order valence-corrected chi connectivity index (χ1v) is 11.0. The second kappa shape index (κ2) is 15.5. The molecule has 5 nitrogen and oxygen atoms in total. The van der Waals surface area contributed by atoms with Gasteiger partial charge in [0.15, 0.2) is 0 Å². The molecule has 0 unspecified atom stereocenters. The zero-order valence-electron chi connectivity index (χ0n) is 17.4. The van der Waals surface area contributed by atoms with Crippen LogP contribution >= 0.6 is 0 Å². The van der Waals surface area contributed by atoms with E-state index < -0.39 is 0 Å². The summed E-state index contributed by atoms with van der Waals surface area (Å²) in [5.74, 6) is -0.442. The molecule has 1 heterocycles. The molecule has 0 atom stereocenters. The molecule has 1 rings (SSSR count). The normalized spacial score (nSPS) is 12.7. The fourth-order valence-electron chi connectivity index (χ4n) is 2.98. The van der Waals surface area contributed by atoms with E-state index in [9.17, 15) is 9.59 Å². The molecule has 1 aliphatic rings. The third-order valence-electron chi connectivity index (χ3n) is 4.77. The second-order valence-corrected chi connectivity index (χ2v) is 7.41. The van der Waals surface area contributed by atoms with Crippen molar-refractivity contribution in [3.63, 3.8) is 0 Å². The molecule has 0 aliphatic carbocycles. The highest BCUT2D eigenvalue weighted by Crippen LogP contribution is 2.23. The molecule has 0 bridgehead atoms. The van der Waals surface area contributed by atoms with Crippen LogP contribution in [0.15, 0.2) is 11.4 Å². The van der Waals surface area contributed by atoms with Crippen LogP contribution in [-0.2, 0) is 19.1 Å². The highest BCUT2D eigenvalue weighted by molar-refractivity contribution is 5.77. The molecule has 0 aromatic heterocycles. The molecule has 0 aromatic carbocycles. The Balaban J connectivity index is 1.98. The Morgan fingerprint density at radius 2 is 1.00 bits per heavy atom. The Morgan fingerprint density at radius 1 is 0.630 bits per heavy atom. The fourth-order valence-corrected chi connectivity index (χ4v) is 2.98. The first-order chi connectivity index (χ1) is 13.2. The highest BCUT2D eigenvalue weighted by Gasteiger charge is 2.26. The molecule has 0 aromatic rings. The van der Waals surface area contributed by atoms with Gasteiger partial charge < -0.3 is 14.8 Å². The molecule has 156 valence electrons. The van der Waals surface area contributed by atoms with Crippen LogP contribution in [0.4, 0.5) is 0 Å². The summed E-state index contributed by atoms with van der Waals surface area (Å²) in [6.45, 7) is 5.39. The largest absolute Gasteiger partial charge is 0.465 e. The lowest BCUT2D eigenvalue weighted by atomic mass is 10.1. The number of esters is 2. The number of nitrogens with one attached hydrogen (secondary N) is 1. The van der Waals surface area contributed by atoms with Gasteiger partial charge in [-0.25, -0.2) is 0 Å². The van der Waals surface area contributed by atoms with Crippen LogP contribution in [0.25, 0.3) is 0 Å². The molecule has 0 amide bonds. The van der Waals surface area contributed by atoms with Crippen LogP contribution in [0.3, 0.4) is 0 Å². The molecule has 27 heavy (non-hydrogen) atoms. The van der Waals surface area contributed by atoms with Crippen molar-refractivity contribution >= 4 is 11.9 Å². The lowest BCUT2D eigenvalue weighted by Gasteiger charge is -2.03. The van der Waals surface area contributed by atoms with Crippen LogP contribution in [0.5, 0.6) is 0 Å². The molecular weight excluding hydrogens is 342 g/mol. The van der Waals surface area contributed by atoms with Gasteiger partial charge in [0.2, 0.25) is 0 Å². The van der Waals surface area contributed by atoms with Crippen LogP contribution in [-0.4, -0.2) is 25.2 Å². The highest BCUT2D eigenvalue weighted by atomic mass is 16.5. The third-order valence-corrected chi connectivity index (χ3v) is 4.77. The van der Waals surface area contributed by atoms with Crippen LogP contribution in [0, 0.1) is 0 Å². The van der Waals surface area contributed by atoms with E-state index in [2.05, 4.69) is 19.2 Å². The number of rotatable bonds is 18. The van der Waals surface area contributed by atoms with E-state index in [1.807, 2.05) is 0 Å². The van der Waals surface area contributed by atoms with Crippen molar-refractivity contribution in [1.29, 1.82) is 0 Å². The lowest BCUT2D eigenvalue weighted by molar-refractivity contribution is -0.144. The van der Waals surface area contributed by atoms with Crippen molar-refractivity contribution in [2.75, 3.05) is 13.2 Å². The summed E-state index contributed by atoms with van der Waals surface area (Å²) in [5, 5.41) is 3.01. The summed E-state index contributed by atoms with van der Waals surface area (Å²) in [5.41, 5.74) is 1.64. The van der Waals surface area contributed by atoms with Gasteiger partial charge in [-0.15, -0.1) is 0 Å². The third kappa shape index (κ3) is 13.3. The summed E-state index contributed by atoms with van der Waals surface area (Å²) in [6.07, 6.45) is 14.6. The minimum Gasteiger partial charge on any atom is -0.465 e. The van der Waals surface area contributed by atoms with E-state index in [4.69, 9.17) is 9.47 Å². The van der Waals surface area contributed by atoms with Crippen LogP contribution in [0.1, 0.15) is 104 Å². The molecule has 0 radical (unpaired) electrons. The van der Waals surface area contributed by atoms with Crippen molar-refractivity contribution in [2.24, 2.45) is 0 Å². The van der Waals surface area contributed by atoms with Crippen LogP contribution in [0.2, 0.25) is 0 Å². The number of ether oxygens (including phenoxy) is 2. The summed E-state index contributed by atoms with van der Waals surface area (Å²) in [4.78, 5) is 23.5. The van der Waals surface area contributed by atoms with E-state index in [1.165, 1.54) is 51.4 Å². The van der Waals surface area contributed by atoms with Gasteiger partial charge in [0.1, 0.15) is 0 Å². The molecule has 1 N–H and O–H groups in total. The standard InChI is InChI=1S/C22H39NO4/c1-3-5-7-9-11-13-15-26-21(24)17-19-20(23-19)18-22(25)27-16-14-12-10-8-6-4-2/h23H,3-18H2,1-2H3. The summed E-state index contributed by atoms with van der Waals surface area (Å²) < 4.78 is 10.5. The second-order valence-electron chi connectivity index (χ2n) is 7.41. The van der Waals surface area contributed by atoms with Crippen molar-refractivity contribution in [3.8, 4) is 0 Å². The fraction of sp³-hybridized carbons (Fsp3) is 0.818. The number of hydrogen-bond donors (Lipinski definition) is 1. The summed E-state index contributed by atoms with van der Waals surface area (Å²) in [7, 11) is 0. The summed E-state index contributed by atoms with van der Waals surface area (Å²) >= 11 is 0. The van der Waals surface area contributed by atoms with Crippen molar-refractivity contribution < 1.29 is 19.1 Å². The van der Waals surface area contributed by atoms with E-state index in [1.54, 1.807) is 0 Å². The number of hydrogen-bond acceptors (Lipinski definition) is 5. The Hall–Kier alpha value is -1.52. The van der Waals surface area contributed by atoms with Gasteiger partial charge in [-0.3, -0.25) is 9.59 Å². The Kier molecular flexibility index (Phi) is 13.5. The SMILES string of the molecule is CCCCCCCCOC(=O)CC1=C(CC(=O)OCCCCCCCC)N1. The van der Waals surface area contributed by atoms with Gasteiger partial charge in [0.25, 0.3) is 0 Å². The quantitative estimate of drug-likeness (QED) is 0.254. The molecular formula is C22H39NO4. The minimum absolute atomic E-state index is 0.221. The van der Waals surface area contributed by atoms with Gasteiger partial charge in [-0.1, -0.05) is 78.1 Å². The number of unbranched alkanes of at least 4 members (excludes halogenated alkanes) is 10. The monoisotopic (exact) mass is 381 g/mol. The molecule has 0 spiro atoms. The first-order valence-electron chi connectivity index (χ1n) is 11.0. The predicted molar refractivity (Wildman–Crippen MR) is 108 cm³/mol. The number of carbonyl (C=O) groups excluding carboxylic acids is 2. The zero-order valence-corrected chi connectivity index (χ0v) is 17.4. The smallest absolute Gasteiger partial charge is 0.311 e. The molecule has 0 fully saturated rings. The summed E-state index contributed by atoms with van der Waals surface area (Å²) in [6, 6.07) is 0. The van der Waals surface area contributed by atoms with Crippen molar-refractivity contribution in [1.82, 2.24) is 5.32 Å². The van der Waals surface area contributed by atoms with E-state index in [-0.39, 0.29) is 24.8 Å². The Labute approximate surface area is 165 Å². The lowest BCUT2D eigenvalue weighted by Crippen LogP contribution is -2.06.